The Morgan fingerprint density at radius 3 is 2.86 bits per heavy atom. The van der Waals surface area contributed by atoms with Crippen LogP contribution in [-0.4, -0.2) is 62.2 Å². The molecular weight excluding hydrogens is 174 g/mol. The van der Waals surface area contributed by atoms with E-state index in [4.69, 9.17) is 0 Å². The van der Waals surface area contributed by atoms with Crippen molar-refractivity contribution in [2.45, 2.75) is 25.3 Å². The normalized spacial score (nSPS) is 31.9. The number of nitrogens with one attached hydrogen (secondary N) is 1. The molecule has 2 saturated heterocycles. The largest absolute Gasteiger partial charge is 0.315 e. The van der Waals surface area contributed by atoms with Crippen molar-refractivity contribution in [2.24, 2.45) is 0 Å². The molecule has 3 nitrogen and oxygen atoms in total. The SMILES string of the molecule is CN1CCCC1CN1CCCNCC1. The number of hydrogen-bond donors (Lipinski definition) is 1. The molecule has 3 heteroatoms. The Morgan fingerprint density at radius 1 is 1.14 bits per heavy atom. The maximum atomic E-state index is 3.46. The second kappa shape index (κ2) is 5.10. The fourth-order valence-electron chi connectivity index (χ4n) is 2.59. The minimum atomic E-state index is 0.827. The average molecular weight is 197 g/mol. The molecule has 2 rings (SSSR count). The van der Waals surface area contributed by atoms with Crippen LogP contribution in [0.1, 0.15) is 19.3 Å². The number of hydrogen-bond acceptors (Lipinski definition) is 3. The van der Waals surface area contributed by atoms with Crippen LogP contribution in [0.25, 0.3) is 0 Å². The van der Waals surface area contributed by atoms with Crippen LogP contribution in [0.4, 0.5) is 0 Å². The van der Waals surface area contributed by atoms with E-state index in [1.807, 2.05) is 0 Å². The molecule has 0 aliphatic carbocycles. The van der Waals surface area contributed by atoms with Crippen LogP contribution in [0, 0.1) is 0 Å². The zero-order valence-electron chi connectivity index (χ0n) is 9.34. The molecule has 0 aromatic rings. The maximum Gasteiger partial charge on any atom is 0.0220 e. The van der Waals surface area contributed by atoms with E-state index in [0.717, 1.165) is 6.04 Å². The van der Waals surface area contributed by atoms with Crippen molar-refractivity contribution < 1.29 is 0 Å². The van der Waals surface area contributed by atoms with E-state index in [9.17, 15) is 0 Å². The highest BCUT2D eigenvalue weighted by molar-refractivity contribution is 4.80. The van der Waals surface area contributed by atoms with Crippen molar-refractivity contribution in [3.8, 4) is 0 Å². The summed E-state index contributed by atoms with van der Waals surface area (Å²) in [4.78, 5) is 5.16. The van der Waals surface area contributed by atoms with Crippen molar-refractivity contribution in [1.29, 1.82) is 0 Å². The summed E-state index contributed by atoms with van der Waals surface area (Å²) in [7, 11) is 2.27. The fraction of sp³-hybridized carbons (Fsp3) is 1.00. The number of nitrogens with zero attached hydrogens (tertiary/aromatic N) is 2. The molecule has 0 saturated carbocycles. The highest BCUT2D eigenvalue weighted by atomic mass is 15.2. The first-order valence-electron chi connectivity index (χ1n) is 5.99. The Balaban J connectivity index is 1.77. The van der Waals surface area contributed by atoms with Gasteiger partial charge < -0.3 is 15.1 Å². The second-order valence-corrected chi connectivity index (χ2v) is 4.68. The summed E-state index contributed by atoms with van der Waals surface area (Å²) in [6.45, 7) is 7.50. The summed E-state index contributed by atoms with van der Waals surface area (Å²) >= 11 is 0. The van der Waals surface area contributed by atoms with Gasteiger partial charge in [-0.3, -0.25) is 0 Å². The van der Waals surface area contributed by atoms with Crippen LogP contribution in [0.5, 0.6) is 0 Å². The molecule has 14 heavy (non-hydrogen) atoms. The predicted octanol–water partition coefficient (Wildman–Crippen LogP) is 0.376. The van der Waals surface area contributed by atoms with E-state index in [-0.39, 0.29) is 0 Å². The van der Waals surface area contributed by atoms with Gasteiger partial charge in [0.15, 0.2) is 0 Å². The van der Waals surface area contributed by atoms with E-state index in [0.29, 0.717) is 0 Å². The van der Waals surface area contributed by atoms with Crippen molar-refractivity contribution in [3.05, 3.63) is 0 Å². The van der Waals surface area contributed by atoms with Gasteiger partial charge in [0, 0.05) is 25.7 Å². The van der Waals surface area contributed by atoms with Crippen molar-refractivity contribution >= 4 is 0 Å². The minimum absolute atomic E-state index is 0.827. The molecule has 0 aromatic carbocycles. The third-order valence-electron chi connectivity index (χ3n) is 3.57. The van der Waals surface area contributed by atoms with E-state index in [1.54, 1.807) is 0 Å². The minimum Gasteiger partial charge on any atom is -0.315 e. The first-order chi connectivity index (χ1) is 6.86. The quantitative estimate of drug-likeness (QED) is 0.690. The lowest BCUT2D eigenvalue weighted by molar-refractivity contribution is 0.201. The Hall–Kier alpha value is -0.120. The highest BCUT2D eigenvalue weighted by Gasteiger charge is 2.23. The molecule has 0 aromatic heterocycles. The summed E-state index contributed by atoms with van der Waals surface area (Å²) in [5.41, 5.74) is 0. The van der Waals surface area contributed by atoms with Crippen LogP contribution >= 0.6 is 0 Å². The molecule has 1 unspecified atom stereocenters. The van der Waals surface area contributed by atoms with Crippen molar-refractivity contribution in [1.82, 2.24) is 15.1 Å². The average Bonchev–Trinajstić information content (AvgIpc) is 2.44. The molecule has 1 N–H and O–H groups in total. The maximum absolute atomic E-state index is 3.46. The topological polar surface area (TPSA) is 18.5 Å². The zero-order valence-corrected chi connectivity index (χ0v) is 9.34. The zero-order chi connectivity index (χ0) is 9.80. The summed E-state index contributed by atoms with van der Waals surface area (Å²) in [6.07, 6.45) is 4.12. The summed E-state index contributed by atoms with van der Waals surface area (Å²) < 4.78 is 0. The molecule has 0 bridgehead atoms. The van der Waals surface area contributed by atoms with Gasteiger partial charge in [0.1, 0.15) is 0 Å². The summed E-state index contributed by atoms with van der Waals surface area (Å²) in [5, 5.41) is 3.46. The third-order valence-corrected chi connectivity index (χ3v) is 3.57. The van der Waals surface area contributed by atoms with E-state index in [1.165, 1.54) is 58.5 Å². The molecule has 2 aliphatic heterocycles. The van der Waals surface area contributed by atoms with Crippen LogP contribution in [-0.2, 0) is 0 Å². The summed E-state index contributed by atoms with van der Waals surface area (Å²) in [5.74, 6) is 0. The first kappa shape index (κ1) is 10.4. The first-order valence-corrected chi connectivity index (χ1v) is 5.99. The third kappa shape index (κ3) is 2.69. The lowest BCUT2D eigenvalue weighted by atomic mass is 10.2. The molecule has 0 spiro atoms. The van der Waals surface area contributed by atoms with Crippen molar-refractivity contribution in [3.63, 3.8) is 0 Å². The highest BCUT2D eigenvalue weighted by Crippen LogP contribution is 2.16. The van der Waals surface area contributed by atoms with Crippen LogP contribution in [0.2, 0.25) is 0 Å². The Labute approximate surface area is 87.4 Å². The van der Waals surface area contributed by atoms with E-state index < -0.39 is 0 Å². The molecule has 2 heterocycles. The van der Waals surface area contributed by atoms with E-state index in [2.05, 4.69) is 22.2 Å². The Morgan fingerprint density at radius 2 is 2.07 bits per heavy atom. The molecule has 2 aliphatic rings. The molecule has 2 fully saturated rings. The van der Waals surface area contributed by atoms with Gasteiger partial charge in [0.05, 0.1) is 0 Å². The van der Waals surface area contributed by atoms with Gasteiger partial charge >= 0.3 is 0 Å². The smallest absolute Gasteiger partial charge is 0.0220 e. The van der Waals surface area contributed by atoms with Crippen LogP contribution in [0.3, 0.4) is 0 Å². The Bertz CT molecular complexity index is 164. The fourth-order valence-corrected chi connectivity index (χ4v) is 2.59. The van der Waals surface area contributed by atoms with Gasteiger partial charge in [-0.15, -0.1) is 0 Å². The predicted molar refractivity (Wildman–Crippen MR) is 59.6 cm³/mol. The lowest BCUT2D eigenvalue weighted by Gasteiger charge is -2.27. The van der Waals surface area contributed by atoms with Gasteiger partial charge in [-0.2, -0.15) is 0 Å². The van der Waals surface area contributed by atoms with Gasteiger partial charge in [-0.1, -0.05) is 0 Å². The van der Waals surface area contributed by atoms with E-state index >= 15 is 0 Å². The standard InChI is InChI=1S/C11H23N3/c1-13-7-2-4-11(13)10-14-8-3-5-12-6-9-14/h11-12H,2-10H2,1H3. The molecule has 1 atom stereocenters. The monoisotopic (exact) mass is 197 g/mol. The Kier molecular flexibility index (Phi) is 3.79. The van der Waals surface area contributed by atoms with Gasteiger partial charge in [0.2, 0.25) is 0 Å². The van der Waals surface area contributed by atoms with Gasteiger partial charge in [0.25, 0.3) is 0 Å². The van der Waals surface area contributed by atoms with Gasteiger partial charge in [-0.05, 0) is 45.9 Å². The van der Waals surface area contributed by atoms with Gasteiger partial charge in [-0.25, -0.2) is 0 Å². The number of likely N-dealkylation sites (N-methyl/N-ethyl adjacent to an activating group) is 1. The molecule has 0 amide bonds. The molecular formula is C11H23N3. The molecule has 0 radical (unpaired) electrons. The number of rotatable bonds is 2. The van der Waals surface area contributed by atoms with Crippen LogP contribution in [0.15, 0.2) is 0 Å². The summed E-state index contributed by atoms with van der Waals surface area (Å²) in [6, 6.07) is 0.827. The number of likely N-dealkylation sites (tertiary alicyclic amines) is 1. The second-order valence-electron chi connectivity index (χ2n) is 4.68. The lowest BCUT2D eigenvalue weighted by Crippen LogP contribution is -2.40. The molecule has 82 valence electrons. The van der Waals surface area contributed by atoms with Crippen LogP contribution < -0.4 is 5.32 Å². The van der Waals surface area contributed by atoms with Crippen molar-refractivity contribution in [2.75, 3.05) is 46.3 Å².